The number of rotatable bonds is 11. The minimum atomic E-state index is -0.637. The minimum Gasteiger partial charge on any atom is -0.494 e. The quantitative estimate of drug-likeness (QED) is 0.344. The molecule has 0 bridgehead atoms. The second kappa shape index (κ2) is 13.4. The number of likely N-dealkylation sites (tertiary alicyclic amines) is 1. The third-order valence-corrected chi connectivity index (χ3v) is 6.51. The summed E-state index contributed by atoms with van der Waals surface area (Å²) in [6.45, 7) is 3.67. The highest BCUT2D eigenvalue weighted by molar-refractivity contribution is 8.00. The number of benzene rings is 2. The molecule has 3 rings (SSSR count). The number of nitrogens with zero attached hydrogens (tertiary/aromatic N) is 3. The fourth-order valence-corrected chi connectivity index (χ4v) is 4.63. The third-order valence-electron chi connectivity index (χ3n) is 5.45. The molecule has 0 N–H and O–H groups in total. The Morgan fingerprint density at radius 3 is 2.49 bits per heavy atom. The van der Waals surface area contributed by atoms with Gasteiger partial charge in [-0.25, -0.2) is 4.79 Å². The fraction of sp³-hybridized carbons (Fsp3) is 0.385. The van der Waals surface area contributed by atoms with Crippen LogP contribution in [-0.4, -0.2) is 61.3 Å². The van der Waals surface area contributed by atoms with Crippen LogP contribution in [0.2, 0.25) is 0 Å². The van der Waals surface area contributed by atoms with Crippen molar-refractivity contribution < 1.29 is 23.9 Å². The zero-order chi connectivity index (χ0) is 25.0. The maximum Gasteiger partial charge on any atom is 0.339 e. The minimum absolute atomic E-state index is 0.0503. The lowest BCUT2D eigenvalue weighted by atomic mass is 10.2. The van der Waals surface area contributed by atoms with E-state index in [1.54, 1.807) is 48.5 Å². The van der Waals surface area contributed by atoms with Gasteiger partial charge in [-0.2, -0.15) is 5.26 Å². The first kappa shape index (κ1) is 26.1. The van der Waals surface area contributed by atoms with E-state index >= 15 is 0 Å². The predicted octanol–water partition coefficient (Wildman–Crippen LogP) is 3.90. The molecule has 0 aliphatic carbocycles. The molecular weight excluding hydrogens is 466 g/mol. The van der Waals surface area contributed by atoms with Crippen LogP contribution in [0.3, 0.4) is 0 Å². The van der Waals surface area contributed by atoms with E-state index in [4.69, 9.17) is 14.7 Å². The molecule has 2 amide bonds. The standard InChI is InChI=1S/C26H29N3O5S/c1-2-33-21-12-10-20(11-13-21)29(17-7-14-27)24(30)18-34-26(32)22-8-3-4-9-23(22)35-19-25(31)28-15-5-6-16-28/h3-4,8-13H,2,5-7,15-19H2,1H3. The van der Waals surface area contributed by atoms with Crippen LogP contribution in [0.1, 0.15) is 36.5 Å². The van der Waals surface area contributed by atoms with E-state index in [0.29, 0.717) is 28.5 Å². The molecule has 0 saturated carbocycles. The van der Waals surface area contributed by atoms with Gasteiger partial charge in [0, 0.05) is 30.2 Å². The van der Waals surface area contributed by atoms with Crippen molar-refractivity contribution >= 4 is 35.2 Å². The second-order valence-electron chi connectivity index (χ2n) is 7.83. The van der Waals surface area contributed by atoms with Gasteiger partial charge in [0.25, 0.3) is 5.91 Å². The number of amides is 2. The van der Waals surface area contributed by atoms with Gasteiger partial charge in [-0.3, -0.25) is 9.59 Å². The first-order valence-corrected chi connectivity index (χ1v) is 12.6. The van der Waals surface area contributed by atoms with Gasteiger partial charge in [0.15, 0.2) is 6.61 Å². The molecule has 0 atom stereocenters. The Morgan fingerprint density at radius 2 is 1.80 bits per heavy atom. The van der Waals surface area contributed by atoms with Gasteiger partial charge < -0.3 is 19.3 Å². The highest BCUT2D eigenvalue weighted by atomic mass is 32.2. The van der Waals surface area contributed by atoms with Crippen molar-refractivity contribution in [1.82, 2.24) is 4.90 Å². The van der Waals surface area contributed by atoms with Gasteiger partial charge in [-0.05, 0) is 56.2 Å². The molecule has 0 spiro atoms. The SMILES string of the molecule is CCOc1ccc(N(CCC#N)C(=O)COC(=O)c2ccccc2SCC(=O)N2CCCC2)cc1. The molecule has 1 saturated heterocycles. The Balaban J connectivity index is 1.62. The summed E-state index contributed by atoms with van der Waals surface area (Å²) in [6, 6.07) is 15.9. The molecule has 0 radical (unpaired) electrons. The largest absolute Gasteiger partial charge is 0.494 e. The van der Waals surface area contributed by atoms with Crippen LogP contribution in [0.15, 0.2) is 53.4 Å². The van der Waals surface area contributed by atoms with Gasteiger partial charge in [-0.1, -0.05) is 12.1 Å². The van der Waals surface area contributed by atoms with E-state index in [1.807, 2.05) is 17.9 Å². The monoisotopic (exact) mass is 495 g/mol. The first-order valence-electron chi connectivity index (χ1n) is 11.6. The van der Waals surface area contributed by atoms with Crippen molar-refractivity contribution in [3.8, 4) is 11.8 Å². The maximum atomic E-state index is 12.9. The molecule has 0 unspecified atom stereocenters. The molecule has 1 heterocycles. The topological polar surface area (TPSA) is 99.9 Å². The van der Waals surface area contributed by atoms with E-state index in [2.05, 4.69) is 0 Å². The van der Waals surface area contributed by atoms with E-state index in [0.717, 1.165) is 25.9 Å². The Morgan fingerprint density at radius 1 is 1.09 bits per heavy atom. The summed E-state index contributed by atoms with van der Waals surface area (Å²) in [6.07, 6.45) is 2.18. The highest BCUT2D eigenvalue weighted by Gasteiger charge is 2.22. The Hall–Kier alpha value is -3.51. The number of hydrogen-bond acceptors (Lipinski definition) is 7. The van der Waals surface area contributed by atoms with Crippen molar-refractivity contribution in [3.05, 3.63) is 54.1 Å². The van der Waals surface area contributed by atoms with Crippen LogP contribution in [0.4, 0.5) is 5.69 Å². The van der Waals surface area contributed by atoms with Crippen molar-refractivity contribution in [2.24, 2.45) is 0 Å². The summed E-state index contributed by atoms with van der Waals surface area (Å²) >= 11 is 1.29. The van der Waals surface area contributed by atoms with Gasteiger partial charge in [0.05, 0.1) is 30.4 Å². The summed E-state index contributed by atoms with van der Waals surface area (Å²) in [5, 5.41) is 8.99. The van der Waals surface area contributed by atoms with Gasteiger partial charge in [0.2, 0.25) is 5.91 Å². The lowest BCUT2D eigenvalue weighted by Crippen LogP contribution is -2.35. The highest BCUT2D eigenvalue weighted by Crippen LogP contribution is 2.25. The Bertz CT molecular complexity index is 1060. The molecular formula is C26H29N3O5S. The summed E-state index contributed by atoms with van der Waals surface area (Å²) in [5.41, 5.74) is 0.894. The summed E-state index contributed by atoms with van der Waals surface area (Å²) in [5.74, 6) is -0.112. The van der Waals surface area contributed by atoms with E-state index in [1.165, 1.54) is 16.7 Å². The number of carbonyl (C=O) groups excluding carboxylic acids is 3. The average molecular weight is 496 g/mol. The van der Waals surface area contributed by atoms with Crippen LogP contribution in [0.5, 0.6) is 5.75 Å². The van der Waals surface area contributed by atoms with Crippen LogP contribution >= 0.6 is 11.8 Å². The Kier molecular flexibility index (Phi) is 9.99. The second-order valence-corrected chi connectivity index (χ2v) is 8.85. The normalized spacial score (nSPS) is 12.6. The fourth-order valence-electron chi connectivity index (χ4n) is 3.69. The smallest absolute Gasteiger partial charge is 0.339 e. The molecule has 0 aromatic heterocycles. The zero-order valence-electron chi connectivity index (χ0n) is 19.8. The lowest BCUT2D eigenvalue weighted by Gasteiger charge is -2.22. The van der Waals surface area contributed by atoms with Crippen LogP contribution in [-0.2, 0) is 14.3 Å². The molecule has 1 fully saturated rings. The summed E-state index contributed by atoms with van der Waals surface area (Å²) < 4.78 is 10.8. The van der Waals surface area contributed by atoms with E-state index in [9.17, 15) is 14.4 Å². The number of hydrogen-bond donors (Lipinski definition) is 0. The van der Waals surface area contributed by atoms with Crippen LogP contribution in [0, 0.1) is 11.3 Å². The van der Waals surface area contributed by atoms with Crippen molar-refractivity contribution in [1.29, 1.82) is 5.26 Å². The third kappa shape index (κ3) is 7.49. The van der Waals surface area contributed by atoms with Crippen molar-refractivity contribution in [3.63, 3.8) is 0 Å². The first-order chi connectivity index (χ1) is 17.0. The number of thioether (sulfide) groups is 1. The molecule has 9 heteroatoms. The number of carbonyl (C=O) groups is 3. The van der Waals surface area contributed by atoms with Gasteiger partial charge in [0.1, 0.15) is 5.75 Å². The average Bonchev–Trinajstić information content (AvgIpc) is 3.42. The van der Waals surface area contributed by atoms with E-state index in [-0.39, 0.29) is 24.6 Å². The van der Waals surface area contributed by atoms with Crippen molar-refractivity contribution in [2.45, 2.75) is 31.1 Å². The summed E-state index contributed by atoms with van der Waals surface area (Å²) in [7, 11) is 0. The number of esters is 1. The number of nitriles is 1. The molecule has 35 heavy (non-hydrogen) atoms. The predicted molar refractivity (Wildman–Crippen MR) is 133 cm³/mol. The molecule has 184 valence electrons. The zero-order valence-corrected chi connectivity index (χ0v) is 20.6. The van der Waals surface area contributed by atoms with E-state index < -0.39 is 18.5 Å². The molecule has 1 aliphatic heterocycles. The lowest BCUT2D eigenvalue weighted by molar-refractivity contribution is -0.127. The molecule has 2 aromatic rings. The van der Waals surface area contributed by atoms with Gasteiger partial charge in [-0.15, -0.1) is 11.8 Å². The number of ether oxygens (including phenoxy) is 2. The van der Waals surface area contributed by atoms with Crippen LogP contribution in [0.25, 0.3) is 0 Å². The van der Waals surface area contributed by atoms with Crippen molar-refractivity contribution in [2.75, 3.05) is 43.5 Å². The Labute approximate surface area is 209 Å². The molecule has 8 nitrogen and oxygen atoms in total. The maximum absolute atomic E-state index is 12.9. The molecule has 1 aliphatic rings. The van der Waals surface area contributed by atoms with Gasteiger partial charge >= 0.3 is 5.97 Å². The number of anilines is 1. The molecule has 2 aromatic carbocycles. The summed E-state index contributed by atoms with van der Waals surface area (Å²) in [4.78, 5) is 41.9. The van der Waals surface area contributed by atoms with Crippen LogP contribution < -0.4 is 9.64 Å².